The van der Waals surface area contributed by atoms with Crippen LogP contribution in [-0.2, 0) is 11.3 Å². The fourth-order valence-electron chi connectivity index (χ4n) is 3.98. The van der Waals surface area contributed by atoms with Crippen molar-refractivity contribution >= 4 is 17.7 Å². The molecule has 4 rings (SSSR count). The van der Waals surface area contributed by atoms with E-state index in [2.05, 4.69) is 32.2 Å². The quantitative estimate of drug-likeness (QED) is 0.525. The fourth-order valence-corrected chi connectivity index (χ4v) is 4.73. The van der Waals surface area contributed by atoms with E-state index in [9.17, 15) is 4.79 Å². The van der Waals surface area contributed by atoms with Crippen molar-refractivity contribution < 1.29 is 9.53 Å². The molecule has 2 aromatic carbocycles. The number of rotatable bonds is 8. The molecule has 0 unspecified atom stereocenters. The second-order valence-electron chi connectivity index (χ2n) is 7.77. The van der Waals surface area contributed by atoms with Crippen LogP contribution >= 0.6 is 11.8 Å². The molecule has 1 aromatic heterocycles. The van der Waals surface area contributed by atoms with E-state index in [1.165, 1.54) is 31.0 Å². The Balaban J connectivity index is 1.55. The molecule has 6 nitrogen and oxygen atoms in total. The standard InChI is InChI=1S/C24H28N4O2S/c1-30-21-15-9-8-14-20(21)23-26-27-24(28(23)16-18-10-4-2-5-11-18)31-17-22(29)25-19-12-6-3-7-13-19/h2,4-5,8-11,14-15,19H,3,6-7,12-13,16-17H2,1H3,(H,25,29). The van der Waals surface area contributed by atoms with E-state index < -0.39 is 0 Å². The van der Waals surface area contributed by atoms with E-state index >= 15 is 0 Å². The minimum atomic E-state index is 0.0602. The summed E-state index contributed by atoms with van der Waals surface area (Å²) in [6.07, 6.45) is 5.84. The molecule has 0 aliphatic heterocycles. The molecule has 0 spiro atoms. The Morgan fingerprint density at radius 1 is 1.06 bits per heavy atom. The number of ether oxygens (including phenoxy) is 1. The highest BCUT2D eigenvalue weighted by Gasteiger charge is 2.20. The average Bonchev–Trinajstić information content (AvgIpc) is 3.21. The van der Waals surface area contributed by atoms with Gasteiger partial charge in [-0.25, -0.2) is 0 Å². The lowest BCUT2D eigenvalue weighted by Gasteiger charge is -2.22. The SMILES string of the molecule is COc1ccccc1-c1nnc(SCC(=O)NC2CCCCC2)n1Cc1ccccc1. The summed E-state index contributed by atoms with van der Waals surface area (Å²) in [6, 6.07) is 18.3. The Morgan fingerprint density at radius 3 is 2.58 bits per heavy atom. The van der Waals surface area contributed by atoms with Crippen LogP contribution in [-0.4, -0.2) is 39.6 Å². The molecule has 0 radical (unpaired) electrons. The summed E-state index contributed by atoms with van der Waals surface area (Å²) in [6.45, 7) is 0.619. The van der Waals surface area contributed by atoms with Crippen LogP contribution in [0.4, 0.5) is 0 Å². The van der Waals surface area contributed by atoms with Gasteiger partial charge in [0.25, 0.3) is 0 Å². The highest BCUT2D eigenvalue weighted by atomic mass is 32.2. The lowest BCUT2D eigenvalue weighted by atomic mass is 9.95. The molecule has 1 saturated carbocycles. The molecule has 1 aliphatic rings. The highest BCUT2D eigenvalue weighted by Crippen LogP contribution is 2.31. The lowest BCUT2D eigenvalue weighted by Crippen LogP contribution is -2.37. The minimum Gasteiger partial charge on any atom is -0.496 e. The number of aromatic nitrogens is 3. The molecule has 0 saturated heterocycles. The molecule has 1 amide bonds. The van der Waals surface area contributed by atoms with Gasteiger partial charge in [0.05, 0.1) is 25.0 Å². The maximum Gasteiger partial charge on any atom is 0.230 e. The van der Waals surface area contributed by atoms with Gasteiger partial charge in [-0.3, -0.25) is 9.36 Å². The summed E-state index contributed by atoms with van der Waals surface area (Å²) in [7, 11) is 1.65. The predicted molar refractivity (Wildman–Crippen MR) is 123 cm³/mol. The maximum absolute atomic E-state index is 12.5. The molecule has 0 atom stereocenters. The Hall–Kier alpha value is -2.80. The fraction of sp³-hybridized carbons (Fsp3) is 0.375. The number of methoxy groups -OCH3 is 1. The second kappa shape index (κ2) is 10.5. The molecule has 0 bridgehead atoms. The summed E-state index contributed by atoms with van der Waals surface area (Å²) in [4.78, 5) is 12.5. The predicted octanol–water partition coefficient (Wildman–Crippen LogP) is 4.54. The highest BCUT2D eigenvalue weighted by molar-refractivity contribution is 7.99. The Bertz CT molecular complexity index is 1000. The van der Waals surface area contributed by atoms with Crippen molar-refractivity contribution in [3.05, 3.63) is 60.2 Å². The zero-order chi connectivity index (χ0) is 21.5. The topological polar surface area (TPSA) is 69.0 Å². The third-order valence-electron chi connectivity index (χ3n) is 5.55. The van der Waals surface area contributed by atoms with Crippen molar-refractivity contribution in [3.63, 3.8) is 0 Å². The van der Waals surface area contributed by atoms with E-state index in [1.54, 1.807) is 7.11 Å². The van der Waals surface area contributed by atoms with Crippen molar-refractivity contribution in [2.24, 2.45) is 0 Å². The van der Waals surface area contributed by atoms with Crippen molar-refractivity contribution in [1.82, 2.24) is 20.1 Å². The van der Waals surface area contributed by atoms with Crippen LogP contribution in [0.1, 0.15) is 37.7 Å². The molecule has 7 heteroatoms. The number of amides is 1. The van der Waals surface area contributed by atoms with E-state index in [0.29, 0.717) is 18.3 Å². The van der Waals surface area contributed by atoms with Crippen molar-refractivity contribution in [1.29, 1.82) is 0 Å². The summed E-state index contributed by atoms with van der Waals surface area (Å²) in [5.74, 6) is 1.87. The Morgan fingerprint density at radius 2 is 1.81 bits per heavy atom. The molecule has 1 fully saturated rings. The van der Waals surface area contributed by atoms with Gasteiger partial charge in [0.2, 0.25) is 5.91 Å². The first-order valence-corrected chi connectivity index (χ1v) is 11.8. The molecular formula is C24H28N4O2S. The summed E-state index contributed by atoms with van der Waals surface area (Å²) >= 11 is 1.43. The first-order valence-electron chi connectivity index (χ1n) is 10.8. The summed E-state index contributed by atoms with van der Waals surface area (Å²) < 4.78 is 7.61. The van der Waals surface area contributed by atoms with Crippen LogP contribution < -0.4 is 10.1 Å². The van der Waals surface area contributed by atoms with E-state index in [4.69, 9.17) is 4.74 Å². The van der Waals surface area contributed by atoms with Crippen LogP contribution in [0.5, 0.6) is 5.75 Å². The van der Waals surface area contributed by atoms with Gasteiger partial charge in [0, 0.05) is 6.04 Å². The Labute approximate surface area is 187 Å². The van der Waals surface area contributed by atoms with Gasteiger partial charge < -0.3 is 10.1 Å². The van der Waals surface area contributed by atoms with Crippen molar-refractivity contribution in [2.45, 2.75) is 49.8 Å². The monoisotopic (exact) mass is 436 g/mol. The van der Waals surface area contributed by atoms with Crippen LogP contribution in [0.25, 0.3) is 11.4 Å². The van der Waals surface area contributed by atoms with Crippen LogP contribution in [0, 0.1) is 0 Å². The number of para-hydroxylation sites is 1. The van der Waals surface area contributed by atoms with Gasteiger partial charge in [-0.15, -0.1) is 10.2 Å². The first kappa shape index (κ1) is 21.4. The van der Waals surface area contributed by atoms with Crippen LogP contribution in [0.15, 0.2) is 59.8 Å². The van der Waals surface area contributed by atoms with Gasteiger partial charge in [-0.05, 0) is 30.5 Å². The van der Waals surface area contributed by atoms with Crippen LogP contribution in [0.2, 0.25) is 0 Å². The average molecular weight is 437 g/mol. The third kappa shape index (κ3) is 5.47. The lowest BCUT2D eigenvalue weighted by molar-refractivity contribution is -0.119. The minimum absolute atomic E-state index is 0.0602. The normalized spacial score (nSPS) is 14.4. The Kier molecular flexibility index (Phi) is 7.25. The van der Waals surface area contributed by atoms with Crippen LogP contribution in [0.3, 0.4) is 0 Å². The molecule has 31 heavy (non-hydrogen) atoms. The zero-order valence-corrected chi connectivity index (χ0v) is 18.6. The number of thioether (sulfide) groups is 1. The van der Waals surface area contributed by atoms with E-state index in [0.717, 1.165) is 40.7 Å². The van der Waals surface area contributed by atoms with Gasteiger partial charge in [-0.1, -0.05) is 73.5 Å². The summed E-state index contributed by atoms with van der Waals surface area (Å²) in [5.41, 5.74) is 2.03. The maximum atomic E-state index is 12.5. The van der Waals surface area contributed by atoms with Gasteiger partial charge in [0.1, 0.15) is 5.75 Å². The smallest absolute Gasteiger partial charge is 0.230 e. The first-order chi connectivity index (χ1) is 15.2. The van der Waals surface area contributed by atoms with E-state index in [-0.39, 0.29) is 5.91 Å². The number of hydrogen-bond donors (Lipinski definition) is 1. The molecular weight excluding hydrogens is 408 g/mol. The molecule has 1 aliphatic carbocycles. The number of nitrogens with zero attached hydrogens (tertiary/aromatic N) is 3. The second-order valence-corrected chi connectivity index (χ2v) is 8.71. The number of carbonyl (C=O) groups is 1. The molecule has 162 valence electrons. The number of hydrogen-bond acceptors (Lipinski definition) is 5. The largest absolute Gasteiger partial charge is 0.496 e. The van der Waals surface area contributed by atoms with Gasteiger partial charge in [-0.2, -0.15) is 0 Å². The van der Waals surface area contributed by atoms with Gasteiger partial charge >= 0.3 is 0 Å². The molecule has 1 heterocycles. The number of benzene rings is 2. The number of carbonyl (C=O) groups excluding carboxylic acids is 1. The van der Waals surface area contributed by atoms with E-state index in [1.807, 2.05) is 42.5 Å². The van der Waals surface area contributed by atoms with Gasteiger partial charge in [0.15, 0.2) is 11.0 Å². The summed E-state index contributed by atoms with van der Waals surface area (Å²) in [5, 5.41) is 12.8. The number of nitrogens with one attached hydrogen (secondary N) is 1. The van der Waals surface area contributed by atoms with Crippen molar-refractivity contribution in [3.8, 4) is 17.1 Å². The molecule has 1 N–H and O–H groups in total. The zero-order valence-electron chi connectivity index (χ0n) is 17.8. The molecule has 3 aromatic rings. The third-order valence-corrected chi connectivity index (χ3v) is 6.52. The van der Waals surface area contributed by atoms with Crippen molar-refractivity contribution in [2.75, 3.05) is 12.9 Å².